The Labute approximate surface area is 106 Å². The molecule has 90 valence electrons. The number of likely N-dealkylation sites (tertiary alicyclic amines) is 1. The summed E-state index contributed by atoms with van der Waals surface area (Å²) in [5, 5.41) is 12.4. The number of likely N-dealkylation sites (N-methyl/N-ethyl adjacent to an activating group) is 1. The van der Waals surface area contributed by atoms with Gasteiger partial charge in [-0.15, -0.1) is 11.3 Å². The van der Waals surface area contributed by atoms with Crippen LogP contribution in [-0.2, 0) is 5.41 Å². The normalized spacial score (nSPS) is 27.6. The molecule has 4 heteroatoms. The zero-order valence-electron chi connectivity index (χ0n) is 10.1. The fraction of sp³-hybridized carbons (Fsp3) is 0.692. The zero-order chi connectivity index (χ0) is 11.9. The molecule has 1 atom stereocenters. The van der Waals surface area contributed by atoms with Crippen LogP contribution in [-0.4, -0.2) is 30.0 Å². The van der Waals surface area contributed by atoms with E-state index in [9.17, 15) is 5.26 Å². The lowest BCUT2D eigenvalue weighted by atomic mass is 9.96. The number of nitrogens with zero attached hydrogens (tertiary/aromatic N) is 3. The van der Waals surface area contributed by atoms with Crippen molar-refractivity contribution in [2.75, 3.05) is 20.1 Å². The summed E-state index contributed by atoms with van der Waals surface area (Å²) in [5.74, 6) is 0.577. The summed E-state index contributed by atoms with van der Waals surface area (Å²) in [6, 6.07) is 2.43. The smallest absolute Gasteiger partial charge is 0.113 e. The standard InChI is InChI=1S/C13H17N3S/c1-16-6-2-3-10(7-16)11-8-17-12(15-11)13(9-14)4-5-13/h8,10H,2-7H2,1H3. The van der Waals surface area contributed by atoms with Gasteiger partial charge < -0.3 is 4.90 Å². The average Bonchev–Trinajstić information content (AvgIpc) is 2.99. The van der Waals surface area contributed by atoms with E-state index in [2.05, 4.69) is 23.4 Å². The number of rotatable bonds is 2. The van der Waals surface area contributed by atoms with Crippen LogP contribution in [0.15, 0.2) is 5.38 Å². The predicted octanol–water partition coefficient (Wildman–Crippen LogP) is 2.51. The summed E-state index contributed by atoms with van der Waals surface area (Å²) in [4.78, 5) is 7.12. The molecule has 0 amide bonds. The van der Waals surface area contributed by atoms with Gasteiger partial charge >= 0.3 is 0 Å². The predicted molar refractivity (Wildman–Crippen MR) is 68.1 cm³/mol. The fourth-order valence-corrected chi connectivity index (χ4v) is 3.71. The van der Waals surface area contributed by atoms with E-state index in [1.165, 1.54) is 25.1 Å². The van der Waals surface area contributed by atoms with E-state index < -0.39 is 0 Å². The molecule has 1 saturated carbocycles. The third-order valence-corrected chi connectivity index (χ3v) is 5.00. The molecule has 0 radical (unpaired) electrons. The minimum Gasteiger partial charge on any atom is -0.306 e. The van der Waals surface area contributed by atoms with Crippen LogP contribution in [0.5, 0.6) is 0 Å². The van der Waals surface area contributed by atoms with Crippen LogP contribution in [0.4, 0.5) is 0 Å². The van der Waals surface area contributed by atoms with Gasteiger partial charge in [-0.1, -0.05) is 0 Å². The zero-order valence-corrected chi connectivity index (χ0v) is 11.0. The maximum Gasteiger partial charge on any atom is 0.113 e. The molecule has 17 heavy (non-hydrogen) atoms. The molecule has 3 nitrogen and oxygen atoms in total. The van der Waals surface area contributed by atoms with Crippen molar-refractivity contribution in [3.63, 3.8) is 0 Å². The Hall–Kier alpha value is -0.920. The Balaban J connectivity index is 1.79. The first-order chi connectivity index (χ1) is 8.23. The third-order valence-electron chi connectivity index (χ3n) is 3.94. The molecule has 1 unspecified atom stereocenters. The maximum absolute atomic E-state index is 9.18. The third kappa shape index (κ3) is 1.98. The minimum absolute atomic E-state index is 0.205. The Bertz CT molecular complexity index is 455. The number of hydrogen-bond acceptors (Lipinski definition) is 4. The molecule has 1 aromatic rings. The van der Waals surface area contributed by atoms with Crippen LogP contribution in [0.1, 0.15) is 42.3 Å². The Morgan fingerprint density at radius 3 is 3.06 bits per heavy atom. The number of aromatic nitrogens is 1. The highest BCUT2D eigenvalue weighted by Gasteiger charge is 2.47. The first-order valence-electron chi connectivity index (χ1n) is 6.29. The van der Waals surface area contributed by atoms with Crippen molar-refractivity contribution < 1.29 is 0 Å². The van der Waals surface area contributed by atoms with Gasteiger partial charge in [0.1, 0.15) is 10.4 Å². The number of thiazole rings is 1. The van der Waals surface area contributed by atoms with Crippen LogP contribution in [0, 0.1) is 11.3 Å². The number of hydrogen-bond donors (Lipinski definition) is 0. The molecule has 1 saturated heterocycles. The van der Waals surface area contributed by atoms with E-state index in [4.69, 9.17) is 4.98 Å². The van der Waals surface area contributed by atoms with E-state index in [-0.39, 0.29) is 5.41 Å². The molecule has 3 rings (SSSR count). The lowest BCUT2D eigenvalue weighted by molar-refractivity contribution is 0.248. The molecule has 2 heterocycles. The van der Waals surface area contributed by atoms with Crippen molar-refractivity contribution >= 4 is 11.3 Å². The molecule has 0 aromatic carbocycles. The topological polar surface area (TPSA) is 39.9 Å². The number of piperidine rings is 1. The van der Waals surface area contributed by atoms with Crippen LogP contribution >= 0.6 is 11.3 Å². The molecule has 2 fully saturated rings. The van der Waals surface area contributed by atoms with E-state index in [0.29, 0.717) is 5.92 Å². The molecular weight excluding hydrogens is 230 g/mol. The largest absolute Gasteiger partial charge is 0.306 e. The Kier molecular flexibility index (Phi) is 2.68. The van der Waals surface area contributed by atoms with E-state index in [0.717, 1.165) is 24.4 Å². The van der Waals surface area contributed by atoms with E-state index >= 15 is 0 Å². The van der Waals surface area contributed by atoms with E-state index in [1.54, 1.807) is 11.3 Å². The second-order valence-corrected chi connectivity index (χ2v) is 6.23. The SMILES string of the molecule is CN1CCCC(c2csc(C3(C#N)CC3)n2)C1. The molecule has 1 aliphatic carbocycles. The average molecular weight is 247 g/mol. The van der Waals surface area contributed by atoms with Gasteiger partial charge in [0.25, 0.3) is 0 Å². The summed E-state index contributed by atoms with van der Waals surface area (Å²) < 4.78 is 0. The van der Waals surface area contributed by atoms with Crippen molar-refractivity contribution in [3.05, 3.63) is 16.1 Å². The van der Waals surface area contributed by atoms with Crippen molar-refractivity contribution in [2.45, 2.75) is 37.0 Å². The van der Waals surface area contributed by atoms with Crippen molar-refractivity contribution in [1.29, 1.82) is 5.26 Å². The summed E-state index contributed by atoms with van der Waals surface area (Å²) in [7, 11) is 2.18. The summed E-state index contributed by atoms with van der Waals surface area (Å²) >= 11 is 1.69. The quantitative estimate of drug-likeness (QED) is 0.806. The van der Waals surface area contributed by atoms with Gasteiger partial charge in [0.2, 0.25) is 0 Å². The van der Waals surface area contributed by atoms with Gasteiger partial charge in [0.15, 0.2) is 0 Å². The lowest BCUT2D eigenvalue weighted by Gasteiger charge is -2.28. The molecule has 1 aliphatic heterocycles. The van der Waals surface area contributed by atoms with Crippen LogP contribution in [0.3, 0.4) is 0 Å². The van der Waals surface area contributed by atoms with Crippen LogP contribution in [0.2, 0.25) is 0 Å². The molecular formula is C13H17N3S. The summed E-state index contributed by atoms with van der Waals surface area (Å²) in [5.41, 5.74) is 1.02. The second-order valence-electron chi connectivity index (χ2n) is 5.37. The maximum atomic E-state index is 9.18. The number of nitriles is 1. The lowest BCUT2D eigenvalue weighted by Crippen LogP contribution is -2.31. The van der Waals surface area contributed by atoms with Gasteiger partial charge in [0.05, 0.1) is 11.8 Å². The molecule has 0 spiro atoms. The first kappa shape index (κ1) is 11.2. The molecule has 1 aromatic heterocycles. The van der Waals surface area contributed by atoms with Crippen molar-refractivity contribution in [3.8, 4) is 6.07 Å². The summed E-state index contributed by atoms with van der Waals surface area (Å²) in [6.07, 6.45) is 4.51. The minimum atomic E-state index is -0.205. The fourth-order valence-electron chi connectivity index (χ4n) is 2.60. The summed E-state index contributed by atoms with van der Waals surface area (Å²) in [6.45, 7) is 2.32. The van der Waals surface area contributed by atoms with Gasteiger partial charge in [-0.05, 0) is 39.3 Å². The van der Waals surface area contributed by atoms with Gasteiger partial charge in [-0.3, -0.25) is 0 Å². The van der Waals surface area contributed by atoms with Gasteiger partial charge in [-0.2, -0.15) is 5.26 Å². The highest BCUT2D eigenvalue weighted by Crippen LogP contribution is 2.49. The van der Waals surface area contributed by atoms with Crippen LogP contribution in [0.25, 0.3) is 0 Å². The Morgan fingerprint density at radius 2 is 2.41 bits per heavy atom. The molecule has 2 aliphatic rings. The van der Waals surface area contributed by atoms with Crippen molar-refractivity contribution in [2.24, 2.45) is 0 Å². The highest BCUT2D eigenvalue weighted by molar-refractivity contribution is 7.09. The monoisotopic (exact) mass is 247 g/mol. The van der Waals surface area contributed by atoms with Gasteiger partial charge in [-0.25, -0.2) is 4.98 Å². The molecule has 0 bridgehead atoms. The van der Waals surface area contributed by atoms with E-state index in [1.807, 2.05) is 0 Å². The first-order valence-corrected chi connectivity index (χ1v) is 7.17. The highest BCUT2D eigenvalue weighted by atomic mass is 32.1. The Morgan fingerprint density at radius 1 is 1.59 bits per heavy atom. The van der Waals surface area contributed by atoms with Gasteiger partial charge in [0, 0.05) is 17.8 Å². The second kappa shape index (κ2) is 4.08. The van der Waals surface area contributed by atoms with Crippen LogP contribution < -0.4 is 0 Å². The molecule has 0 N–H and O–H groups in total. The van der Waals surface area contributed by atoms with Crippen molar-refractivity contribution in [1.82, 2.24) is 9.88 Å².